The van der Waals surface area contributed by atoms with Gasteiger partial charge < -0.3 is 4.74 Å². The van der Waals surface area contributed by atoms with Crippen LogP contribution in [0.25, 0.3) is 27.9 Å². The lowest BCUT2D eigenvalue weighted by atomic mass is 10.2. The molecule has 0 saturated carbocycles. The van der Waals surface area contributed by atoms with Gasteiger partial charge in [-0.2, -0.15) is 0 Å². The van der Waals surface area contributed by atoms with Crippen molar-refractivity contribution < 1.29 is 14.3 Å². The molecule has 0 fully saturated rings. The number of aldehydes is 1. The highest BCUT2D eigenvalue weighted by Gasteiger charge is 1.99. The number of fused-ring (bicyclic) bond motifs is 2. The molecule has 4 rings (SSSR count). The molecule has 31 heavy (non-hydrogen) atoms. The van der Waals surface area contributed by atoms with E-state index in [1.54, 1.807) is 19.1 Å². The van der Waals surface area contributed by atoms with Gasteiger partial charge >= 0.3 is 5.97 Å². The second-order valence-corrected chi connectivity index (χ2v) is 8.18. The molecular formula is C24H18Br2N2O3. The van der Waals surface area contributed by atoms with Gasteiger partial charge in [0.15, 0.2) is 6.29 Å². The minimum Gasteiger partial charge on any atom is -0.463 e. The van der Waals surface area contributed by atoms with Crippen LogP contribution < -0.4 is 0 Å². The predicted molar refractivity (Wildman–Crippen MR) is 130 cm³/mol. The van der Waals surface area contributed by atoms with E-state index in [0.29, 0.717) is 12.3 Å². The number of carbonyl (C=O) groups is 2. The molecule has 2 aromatic heterocycles. The van der Waals surface area contributed by atoms with Crippen LogP contribution in [0.2, 0.25) is 0 Å². The van der Waals surface area contributed by atoms with Gasteiger partial charge in [-0.05, 0) is 61.5 Å². The van der Waals surface area contributed by atoms with Crippen LogP contribution >= 0.6 is 31.9 Å². The molecule has 2 aromatic carbocycles. The van der Waals surface area contributed by atoms with E-state index < -0.39 is 0 Å². The normalized spacial score (nSPS) is 10.7. The fraction of sp³-hybridized carbons (Fsp3) is 0.0833. The third-order valence-electron chi connectivity index (χ3n) is 4.14. The second kappa shape index (κ2) is 10.9. The Morgan fingerprint density at radius 2 is 1.42 bits per heavy atom. The third-order valence-corrected chi connectivity index (χ3v) is 5.13. The van der Waals surface area contributed by atoms with Gasteiger partial charge in [0.25, 0.3) is 0 Å². The Kier molecular flexibility index (Phi) is 8.03. The first-order chi connectivity index (χ1) is 15.0. The molecule has 4 aromatic rings. The number of esters is 1. The number of ether oxygens (including phenoxy) is 1. The smallest absolute Gasteiger partial charge is 0.330 e. The summed E-state index contributed by atoms with van der Waals surface area (Å²) in [6.07, 6.45) is 3.79. The summed E-state index contributed by atoms with van der Waals surface area (Å²) >= 11 is 6.79. The number of nitrogens with zero attached hydrogens (tertiary/aromatic N) is 2. The Balaban J connectivity index is 0.000000185. The number of hydrogen-bond acceptors (Lipinski definition) is 5. The van der Waals surface area contributed by atoms with Crippen molar-refractivity contribution in [3.8, 4) is 0 Å². The van der Waals surface area contributed by atoms with Gasteiger partial charge in [0.05, 0.1) is 23.3 Å². The summed E-state index contributed by atoms with van der Waals surface area (Å²) in [6, 6.07) is 19.1. The highest BCUT2D eigenvalue weighted by molar-refractivity contribution is 9.10. The quantitative estimate of drug-likeness (QED) is 0.170. The molecule has 0 saturated heterocycles. The molecule has 0 unspecified atom stereocenters. The van der Waals surface area contributed by atoms with Crippen molar-refractivity contribution in [3.05, 3.63) is 87.1 Å². The monoisotopic (exact) mass is 540 g/mol. The summed E-state index contributed by atoms with van der Waals surface area (Å²) in [6.45, 7) is 2.15. The third kappa shape index (κ3) is 6.54. The van der Waals surface area contributed by atoms with Crippen LogP contribution in [0.1, 0.15) is 23.1 Å². The zero-order valence-electron chi connectivity index (χ0n) is 16.6. The van der Waals surface area contributed by atoms with Crippen molar-refractivity contribution in [1.82, 2.24) is 9.97 Å². The number of aromatic nitrogens is 2. The largest absolute Gasteiger partial charge is 0.463 e. The van der Waals surface area contributed by atoms with Gasteiger partial charge in [-0.3, -0.25) is 4.79 Å². The van der Waals surface area contributed by atoms with E-state index in [1.165, 1.54) is 6.08 Å². The van der Waals surface area contributed by atoms with Crippen LogP contribution in [-0.2, 0) is 9.53 Å². The van der Waals surface area contributed by atoms with Gasteiger partial charge in [0, 0.05) is 25.8 Å². The first-order valence-electron chi connectivity index (χ1n) is 9.41. The average molecular weight is 542 g/mol. The topological polar surface area (TPSA) is 69.2 Å². The van der Waals surface area contributed by atoms with E-state index in [2.05, 4.69) is 41.8 Å². The van der Waals surface area contributed by atoms with E-state index in [0.717, 1.165) is 42.7 Å². The van der Waals surface area contributed by atoms with Crippen LogP contribution in [0.15, 0.2) is 75.7 Å². The van der Waals surface area contributed by atoms with Crippen molar-refractivity contribution >= 4 is 72.0 Å². The van der Waals surface area contributed by atoms with E-state index >= 15 is 0 Å². The maximum atomic E-state index is 11.2. The van der Waals surface area contributed by atoms with E-state index in [1.807, 2.05) is 54.6 Å². The molecule has 5 nitrogen and oxygen atoms in total. The standard InChI is InChI=1S/C14H12BrNO2.C10H6BrNO/c1-2-18-14(17)8-6-12-5-3-10-9-11(15)4-7-13(10)16-12;11-8-2-4-10-7(5-8)1-3-9(6-13)12-10/h3-9H,2H2,1H3;1-6H/b8-6+;. The molecule has 0 atom stereocenters. The number of hydrogen-bond donors (Lipinski definition) is 0. The van der Waals surface area contributed by atoms with Gasteiger partial charge in [-0.25, -0.2) is 14.8 Å². The Morgan fingerprint density at radius 3 is 1.97 bits per heavy atom. The lowest BCUT2D eigenvalue weighted by Crippen LogP contribution is -1.98. The van der Waals surface area contributed by atoms with Crippen molar-refractivity contribution in [3.63, 3.8) is 0 Å². The van der Waals surface area contributed by atoms with Crippen LogP contribution in [0.4, 0.5) is 0 Å². The first kappa shape index (κ1) is 22.8. The molecule has 0 spiro atoms. The Morgan fingerprint density at radius 1 is 0.871 bits per heavy atom. The number of halogens is 2. The van der Waals surface area contributed by atoms with Crippen LogP contribution in [0.3, 0.4) is 0 Å². The van der Waals surface area contributed by atoms with Crippen LogP contribution in [-0.4, -0.2) is 28.8 Å². The van der Waals surface area contributed by atoms with Gasteiger partial charge in [-0.15, -0.1) is 0 Å². The average Bonchev–Trinajstić information content (AvgIpc) is 2.78. The molecule has 0 radical (unpaired) electrons. The van der Waals surface area contributed by atoms with E-state index in [9.17, 15) is 9.59 Å². The molecular weight excluding hydrogens is 524 g/mol. The van der Waals surface area contributed by atoms with Crippen LogP contribution in [0.5, 0.6) is 0 Å². The van der Waals surface area contributed by atoms with Gasteiger partial charge in [0.2, 0.25) is 0 Å². The minimum absolute atomic E-state index is 0.352. The Labute approximate surface area is 196 Å². The van der Waals surface area contributed by atoms with Gasteiger partial charge in [0.1, 0.15) is 5.69 Å². The Bertz CT molecular complexity index is 1270. The molecule has 0 aliphatic rings. The number of carbonyl (C=O) groups excluding carboxylic acids is 2. The number of pyridine rings is 2. The Hall–Kier alpha value is -2.90. The molecule has 0 amide bonds. The first-order valence-corrected chi connectivity index (χ1v) is 11.0. The lowest BCUT2D eigenvalue weighted by molar-refractivity contribution is -0.137. The highest BCUT2D eigenvalue weighted by atomic mass is 79.9. The highest BCUT2D eigenvalue weighted by Crippen LogP contribution is 2.19. The molecule has 0 bridgehead atoms. The maximum Gasteiger partial charge on any atom is 0.330 e. The summed E-state index contributed by atoms with van der Waals surface area (Å²) in [5, 5.41) is 2.08. The fourth-order valence-electron chi connectivity index (χ4n) is 2.73. The molecule has 0 aliphatic carbocycles. The minimum atomic E-state index is -0.352. The molecule has 7 heteroatoms. The second-order valence-electron chi connectivity index (χ2n) is 6.35. The number of rotatable bonds is 4. The summed E-state index contributed by atoms with van der Waals surface area (Å²) < 4.78 is 6.84. The van der Waals surface area contributed by atoms with E-state index in [4.69, 9.17) is 4.74 Å². The van der Waals surface area contributed by atoms with Crippen LogP contribution in [0, 0.1) is 0 Å². The summed E-state index contributed by atoms with van der Waals surface area (Å²) in [7, 11) is 0. The summed E-state index contributed by atoms with van der Waals surface area (Å²) in [5.41, 5.74) is 2.93. The zero-order chi connectivity index (χ0) is 22.2. The molecule has 156 valence electrons. The molecule has 0 N–H and O–H groups in total. The summed E-state index contributed by atoms with van der Waals surface area (Å²) in [4.78, 5) is 30.2. The summed E-state index contributed by atoms with van der Waals surface area (Å²) in [5.74, 6) is -0.352. The number of benzene rings is 2. The van der Waals surface area contributed by atoms with E-state index in [-0.39, 0.29) is 5.97 Å². The maximum absolute atomic E-state index is 11.2. The zero-order valence-corrected chi connectivity index (χ0v) is 19.8. The molecule has 2 heterocycles. The van der Waals surface area contributed by atoms with Crippen molar-refractivity contribution in [2.75, 3.05) is 6.61 Å². The van der Waals surface area contributed by atoms with Crippen molar-refractivity contribution in [1.29, 1.82) is 0 Å². The fourth-order valence-corrected chi connectivity index (χ4v) is 3.48. The lowest BCUT2D eigenvalue weighted by Gasteiger charge is -2.00. The molecule has 0 aliphatic heterocycles. The van der Waals surface area contributed by atoms with Gasteiger partial charge in [-0.1, -0.05) is 44.0 Å². The van der Waals surface area contributed by atoms with Crippen molar-refractivity contribution in [2.24, 2.45) is 0 Å². The SMILES string of the molecule is CCOC(=O)/C=C/c1ccc2cc(Br)ccc2n1.O=Cc1ccc2cc(Br)ccc2n1. The van der Waals surface area contributed by atoms with Crippen molar-refractivity contribution in [2.45, 2.75) is 6.92 Å². The predicted octanol–water partition coefficient (Wildman–Crippen LogP) is 6.38.